The number of benzene rings is 1. The average molecular weight is 372 g/mol. The topological polar surface area (TPSA) is 44.7 Å². The van der Waals surface area contributed by atoms with Gasteiger partial charge in [-0.15, -0.1) is 0 Å². The fraction of sp³-hybridized carbons (Fsp3) is 0.600. The van der Waals surface area contributed by atoms with Crippen LogP contribution in [0.1, 0.15) is 11.6 Å². The van der Waals surface area contributed by atoms with Crippen LogP contribution in [0.5, 0.6) is 5.75 Å². The van der Waals surface area contributed by atoms with Crippen molar-refractivity contribution in [3.8, 4) is 5.75 Å². The van der Waals surface area contributed by atoms with Gasteiger partial charge in [0.2, 0.25) is 0 Å². The Labute approximate surface area is 140 Å². The zero-order valence-corrected chi connectivity index (χ0v) is 13.1. The Morgan fingerprint density at radius 2 is 1.64 bits per heavy atom. The molecule has 2 N–H and O–H groups in total. The van der Waals surface area contributed by atoms with Crippen LogP contribution in [0.2, 0.25) is 0 Å². The molecule has 1 saturated heterocycles. The minimum atomic E-state index is -4.67. The van der Waals surface area contributed by atoms with Gasteiger partial charge >= 0.3 is 12.5 Å². The summed E-state index contributed by atoms with van der Waals surface area (Å²) in [6, 6.07) is 2.59. The summed E-state index contributed by atoms with van der Waals surface area (Å²) in [6.45, 7) is 0.201. The lowest BCUT2D eigenvalue weighted by atomic mass is 9.98. The van der Waals surface area contributed by atoms with E-state index in [0.29, 0.717) is 26.2 Å². The van der Waals surface area contributed by atoms with Crippen molar-refractivity contribution in [3.63, 3.8) is 0 Å². The molecule has 0 aromatic heterocycles. The minimum absolute atomic E-state index is 0.0636. The number of aliphatic hydroxyl groups is 1. The zero-order valence-electron chi connectivity index (χ0n) is 13.1. The SMILES string of the molecule is OCC(F)(F)[C@H](c1ccc(OC(F)(F)C(F)F)cc1)N1CCNCC1. The summed E-state index contributed by atoms with van der Waals surface area (Å²) in [5.74, 6) is -4.03. The first-order valence-electron chi connectivity index (χ1n) is 7.56. The highest BCUT2D eigenvalue weighted by molar-refractivity contribution is 5.31. The molecule has 1 aliphatic heterocycles. The molecule has 1 fully saturated rings. The first-order valence-corrected chi connectivity index (χ1v) is 7.56. The Morgan fingerprint density at radius 3 is 2.12 bits per heavy atom. The third kappa shape index (κ3) is 4.77. The highest BCUT2D eigenvalue weighted by Gasteiger charge is 2.45. The maximum atomic E-state index is 14.2. The molecule has 0 radical (unpaired) electrons. The predicted molar refractivity (Wildman–Crippen MR) is 77.2 cm³/mol. The van der Waals surface area contributed by atoms with Crippen molar-refractivity contribution < 1.29 is 36.2 Å². The van der Waals surface area contributed by atoms with Gasteiger partial charge in [0.05, 0.1) is 0 Å². The van der Waals surface area contributed by atoms with E-state index in [1.807, 2.05) is 0 Å². The van der Waals surface area contributed by atoms with Crippen LogP contribution in [-0.2, 0) is 0 Å². The van der Waals surface area contributed by atoms with Crippen LogP contribution in [0.3, 0.4) is 0 Å². The first kappa shape index (κ1) is 19.8. The van der Waals surface area contributed by atoms with Crippen LogP contribution in [0.25, 0.3) is 0 Å². The van der Waals surface area contributed by atoms with Gasteiger partial charge in [-0.2, -0.15) is 17.6 Å². The molecule has 1 aliphatic rings. The van der Waals surface area contributed by atoms with Gasteiger partial charge in [0.1, 0.15) is 18.4 Å². The Morgan fingerprint density at radius 1 is 1.08 bits per heavy atom. The van der Waals surface area contributed by atoms with Crippen molar-refractivity contribution in [1.82, 2.24) is 10.2 Å². The number of hydrogen-bond acceptors (Lipinski definition) is 4. The van der Waals surface area contributed by atoms with E-state index in [1.54, 1.807) is 0 Å². The average Bonchev–Trinajstić information content (AvgIpc) is 2.57. The summed E-state index contributed by atoms with van der Waals surface area (Å²) in [5, 5.41) is 12.0. The van der Waals surface area contributed by atoms with Crippen molar-refractivity contribution in [1.29, 1.82) is 0 Å². The Hall–Kier alpha value is -1.52. The largest absolute Gasteiger partial charge is 0.461 e. The zero-order chi connectivity index (χ0) is 18.7. The second-order valence-electron chi connectivity index (χ2n) is 5.64. The molecule has 0 aliphatic carbocycles. The molecule has 0 bridgehead atoms. The fourth-order valence-corrected chi connectivity index (χ4v) is 2.67. The minimum Gasteiger partial charge on any atom is -0.428 e. The summed E-state index contributed by atoms with van der Waals surface area (Å²) >= 11 is 0. The quantitative estimate of drug-likeness (QED) is 0.722. The Bertz CT molecular complexity index is 549. The maximum Gasteiger partial charge on any atom is 0.461 e. The summed E-state index contributed by atoms with van der Waals surface area (Å²) in [4.78, 5) is 1.47. The standard InChI is InChI=1S/C15H18F6N2O2/c16-13(17)15(20,21)25-11-3-1-10(2-4-11)12(14(18,19)9-24)23-7-5-22-6-8-23/h1-4,12-13,22,24H,5-9H2/t12-/m0/s1. The van der Waals surface area contributed by atoms with Gasteiger partial charge in [-0.25, -0.2) is 8.78 Å². The van der Waals surface area contributed by atoms with E-state index in [0.717, 1.165) is 24.3 Å². The van der Waals surface area contributed by atoms with Crippen molar-refractivity contribution >= 4 is 0 Å². The van der Waals surface area contributed by atoms with Crippen molar-refractivity contribution in [2.24, 2.45) is 0 Å². The second-order valence-corrected chi connectivity index (χ2v) is 5.64. The number of piperazine rings is 1. The summed E-state index contributed by atoms with van der Waals surface area (Å²) < 4.78 is 82.4. The lowest BCUT2D eigenvalue weighted by Gasteiger charge is -2.38. The maximum absolute atomic E-state index is 14.2. The van der Waals surface area contributed by atoms with Crippen molar-refractivity contribution in [3.05, 3.63) is 29.8 Å². The molecule has 2 rings (SSSR count). The van der Waals surface area contributed by atoms with Crippen LogP contribution in [0.15, 0.2) is 24.3 Å². The highest BCUT2D eigenvalue weighted by atomic mass is 19.3. The molecule has 10 heteroatoms. The molecule has 0 saturated carbocycles. The van der Waals surface area contributed by atoms with Crippen LogP contribution in [0, 0.1) is 0 Å². The molecule has 25 heavy (non-hydrogen) atoms. The van der Waals surface area contributed by atoms with Gasteiger partial charge in [0.25, 0.3) is 5.92 Å². The van der Waals surface area contributed by atoms with Crippen molar-refractivity contribution in [2.45, 2.75) is 24.5 Å². The normalized spacial score (nSPS) is 18.4. The van der Waals surface area contributed by atoms with Crippen LogP contribution >= 0.6 is 0 Å². The number of hydrogen-bond donors (Lipinski definition) is 2. The van der Waals surface area contributed by atoms with Crippen LogP contribution in [-0.4, -0.2) is 61.2 Å². The van der Waals surface area contributed by atoms with Crippen molar-refractivity contribution in [2.75, 3.05) is 32.8 Å². The molecule has 1 aromatic carbocycles. The van der Waals surface area contributed by atoms with E-state index >= 15 is 0 Å². The van der Waals surface area contributed by atoms with Gasteiger partial charge < -0.3 is 15.2 Å². The summed E-state index contributed by atoms with van der Waals surface area (Å²) in [7, 11) is 0. The molecule has 0 spiro atoms. The molecule has 4 nitrogen and oxygen atoms in total. The van der Waals surface area contributed by atoms with Crippen LogP contribution in [0.4, 0.5) is 26.3 Å². The lowest BCUT2D eigenvalue weighted by molar-refractivity contribution is -0.253. The molecule has 0 amide bonds. The number of aliphatic hydroxyl groups excluding tert-OH is 1. The Balaban J connectivity index is 2.23. The fourth-order valence-electron chi connectivity index (χ4n) is 2.67. The summed E-state index contributed by atoms with van der Waals surface area (Å²) in [6.07, 6.45) is -8.69. The van der Waals surface area contributed by atoms with E-state index in [1.165, 1.54) is 4.90 Å². The number of ether oxygens (including phenoxy) is 1. The molecule has 1 atom stereocenters. The van der Waals surface area contributed by atoms with Gasteiger partial charge in [0.15, 0.2) is 0 Å². The third-order valence-electron chi connectivity index (χ3n) is 3.83. The van der Waals surface area contributed by atoms with E-state index in [9.17, 15) is 26.3 Å². The lowest BCUT2D eigenvalue weighted by Crippen LogP contribution is -2.51. The first-order chi connectivity index (χ1) is 11.7. The smallest absolute Gasteiger partial charge is 0.428 e. The molecule has 1 aromatic rings. The van der Waals surface area contributed by atoms with E-state index in [-0.39, 0.29) is 5.56 Å². The van der Waals surface area contributed by atoms with Gasteiger partial charge in [-0.1, -0.05) is 12.1 Å². The predicted octanol–water partition coefficient (Wildman–Crippen LogP) is 2.50. The molecular weight excluding hydrogens is 354 g/mol. The third-order valence-corrected chi connectivity index (χ3v) is 3.83. The molecule has 142 valence electrons. The number of nitrogens with zero attached hydrogens (tertiary/aromatic N) is 1. The number of nitrogens with one attached hydrogen (secondary N) is 1. The van der Waals surface area contributed by atoms with E-state index in [4.69, 9.17) is 5.11 Å². The van der Waals surface area contributed by atoms with Crippen LogP contribution < -0.4 is 10.1 Å². The monoisotopic (exact) mass is 372 g/mol. The van der Waals surface area contributed by atoms with Gasteiger partial charge in [0, 0.05) is 26.2 Å². The number of alkyl halides is 6. The second kappa shape index (κ2) is 7.79. The van der Waals surface area contributed by atoms with E-state index in [2.05, 4.69) is 10.1 Å². The highest BCUT2D eigenvalue weighted by Crippen LogP contribution is 2.37. The molecular formula is C15H18F6N2O2. The number of halogens is 6. The molecule has 1 heterocycles. The van der Waals surface area contributed by atoms with Gasteiger partial charge in [-0.05, 0) is 17.7 Å². The van der Waals surface area contributed by atoms with Gasteiger partial charge in [-0.3, -0.25) is 4.90 Å². The summed E-state index contributed by atoms with van der Waals surface area (Å²) in [5.41, 5.74) is 0.0636. The Kier molecular flexibility index (Phi) is 6.17. The molecule has 0 unspecified atom stereocenters. The van der Waals surface area contributed by atoms with E-state index < -0.39 is 36.9 Å². The number of rotatable bonds is 7.